The molecule has 0 aromatic heterocycles. The molecule has 0 radical (unpaired) electrons. The van der Waals surface area contributed by atoms with Gasteiger partial charge in [-0.1, -0.05) is 15.9 Å². The first-order valence-electron chi connectivity index (χ1n) is 7.58. The number of fused-ring (bicyclic) bond motifs is 1. The number of ether oxygens (including phenoxy) is 1. The van der Waals surface area contributed by atoms with E-state index in [0.29, 0.717) is 12.1 Å². The predicted octanol–water partition coefficient (Wildman–Crippen LogP) is 2.83. The highest BCUT2D eigenvalue weighted by atomic mass is 79.9. The normalized spacial score (nSPS) is 26.1. The second-order valence-electron chi connectivity index (χ2n) is 5.97. The maximum Gasteiger partial charge on any atom is 0.123 e. The van der Waals surface area contributed by atoms with Gasteiger partial charge in [0.2, 0.25) is 0 Å². The number of hydrogen-bond donors (Lipinski definition) is 1. The SMILES string of the molecule is CN(CC1Cc2cc(Br)ccc2O1)C1CCCNCC1. The molecule has 0 spiro atoms. The number of halogens is 1. The average molecular weight is 339 g/mol. The zero-order chi connectivity index (χ0) is 13.9. The summed E-state index contributed by atoms with van der Waals surface area (Å²) in [5, 5.41) is 3.48. The van der Waals surface area contributed by atoms with Crippen molar-refractivity contribution in [2.45, 2.75) is 37.8 Å². The summed E-state index contributed by atoms with van der Waals surface area (Å²) in [4.78, 5) is 2.50. The van der Waals surface area contributed by atoms with Gasteiger partial charge in [0, 0.05) is 23.5 Å². The summed E-state index contributed by atoms with van der Waals surface area (Å²) in [6.45, 7) is 3.34. The first-order valence-corrected chi connectivity index (χ1v) is 8.38. The molecule has 1 aromatic carbocycles. The van der Waals surface area contributed by atoms with Gasteiger partial charge in [0.05, 0.1) is 0 Å². The fourth-order valence-corrected chi connectivity index (χ4v) is 3.71. The minimum absolute atomic E-state index is 0.306. The lowest BCUT2D eigenvalue weighted by atomic mass is 10.1. The van der Waals surface area contributed by atoms with Crippen molar-refractivity contribution < 1.29 is 4.74 Å². The highest BCUT2D eigenvalue weighted by molar-refractivity contribution is 9.10. The van der Waals surface area contributed by atoms with Crippen molar-refractivity contribution in [1.82, 2.24) is 10.2 Å². The van der Waals surface area contributed by atoms with Gasteiger partial charge >= 0.3 is 0 Å². The summed E-state index contributed by atoms with van der Waals surface area (Å²) in [6.07, 6.45) is 5.18. The molecule has 2 unspecified atom stereocenters. The van der Waals surface area contributed by atoms with Crippen LogP contribution in [0.1, 0.15) is 24.8 Å². The number of nitrogens with zero attached hydrogens (tertiary/aromatic N) is 1. The second kappa shape index (κ2) is 6.46. The van der Waals surface area contributed by atoms with Crippen LogP contribution in [0.4, 0.5) is 0 Å². The molecule has 1 N–H and O–H groups in total. The molecule has 3 nitrogen and oxygen atoms in total. The minimum atomic E-state index is 0.306. The van der Waals surface area contributed by atoms with Gasteiger partial charge in [0.25, 0.3) is 0 Å². The van der Waals surface area contributed by atoms with Gasteiger partial charge in [-0.3, -0.25) is 4.90 Å². The molecule has 2 aliphatic rings. The quantitative estimate of drug-likeness (QED) is 0.917. The second-order valence-corrected chi connectivity index (χ2v) is 6.89. The van der Waals surface area contributed by atoms with E-state index in [-0.39, 0.29) is 0 Å². The number of nitrogens with one attached hydrogen (secondary N) is 1. The molecule has 2 aliphatic heterocycles. The van der Waals surface area contributed by atoms with Gasteiger partial charge in [-0.05, 0) is 63.2 Å². The van der Waals surface area contributed by atoms with Gasteiger partial charge < -0.3 is 10.1 Å². The molecule has 1 aromatic rings. The molecule has 1 saturated heterocycles. The van der Waals surface area contributed by atoms with Crippen molar-refractivity contribution in [3.05, 3.63) is 28.2 Å². The number of benzene rings is 1. The third-order valence-corrected chi connectivity index (χ3v) is 4.92. The van der Waals surface area contributed by atoms with Crippen LogP contribution in [-0.4, -0.2) is 43.7 Å². The van der Waals surface area contributed by atoms with E-state index < -0.39 is 0 Å². The van der Waals surface area contributed by atoms with Crippen LogP contribution in [0.15, 0.2) is 22.7 Å². The minimum Gasteiger partial charge on any atom is -0.488 e. The van der Waals surface area contributed by atoms with Crippen molar-refractivity contribution in [2.24, 2.45) is 0 Å². The van der Waals surface area contributed by atoms with Crippen LogP contribution in [0.5, 0.6) is 5.75 Å². The standard InChI is InChI=1S/C16H23BrN2O/c1-19(14-3-2-7-18-8-6-14)11-15-10-12-9-13(17)4-5-16(12)20-15/h4-5,9,14-15,18H,2-3,6-8,10-11H2,1H3. The molecule has 2 heterocycles. The van der Waals surface area contributed by atoms with Gasteiger partial charge in [0.15, 0.2) is 0 Å². The Labute approximate surface area is 129 Å². The van der Waals surface area contributed by atoms with E-state index in [1.54, 1.807) is 0 Å². The van der Waals surface area contributed by atoms with Crippen molar-refractivity contribution in [3.8, 4) is 5.75 Å². The Morgan fingerprint density at radius 3 is 3.15 bits per heavy atom. The first kappa shape index (κ1) is 14.4. The van der Waals surface area contributed by atoms with Gasteiger partial charge in [-0.15, -0.1) is 0 Å². The zero-order valence-corrected chi connectivity index (χ0v) is 13.7. The van der Waals surface area contributed by atoms with E-state index in [1.807, 2.05) is 0 Å². The highest BCUT2D eigenvalue weighted by Crippen LogP contribution is 2.31. The van der Waals surface area contributed by atoms with E-state index in [4.69, 9.17) is 4.74 Å². The summed E-state index contributed by atoms with van der Waals surface area (Å²) in [6, 6.07) is 7.02. The van der Waals surface area contributed by atoms with Crippen molar-refractivity contribution >= 4 is 15.9 Å². The Bertz CT molecular complexity index is 458. The topological polar surface area (TPSA) is 24.5 Å². The molecule has 1 fully saturated rings. The third kappa shape index (κ3) is 3.35. The van der Waals surface area contributed by atoms with Crippen LogP contribution < -0.4 is 10.1 Å². The smallest absolute Gasteiger partial charge is 0.123 e. The number of rotatable bonds is 3. The Morgan fingerprint density at radius 1 is 1.35 bits per heavy atom. The van der Waals surface area contributed by atoms with E-state index >= 15 is 0 Å². The van der Waals surface area contributed by atoms with E-state index in [9.17, 15) is 0 Å². The fraction of sp³-hybridized carbons (Fsp3) is 0.625. The summed E-state index contributed by atoms with van der Waals surface area (Å²) in [5.74, 6) is 1.06. The Hall–Kier alpha value is -0.580. The van der Waals surface area contributed by atoms with Crippen LogP contribution in [-0.2, 0) is 6.42 Å². The fourth-order valence-electron chi connectivity index (χ4n) is 3.30. The number of hydrogen-bond acceptors (Lipinski definition) is 3. The van der Waals surface area contributed by atoms with Gasteiger partial charge in [-0.25, -0.2) is 0 Å². The Kier molecular flexibility index (Phi) is 4.64. The molecule has 0 aliphatic carbocycles. The maximum absolute atomic E-state index is 6.08. The molecule has 110 valence electrons. The lowest BCUT2D eigenvalue weighted by Gasteiger charge is -2.28. The molecule has 0 amide bonds. The Morgan fingerprint density at radius 2 is 2.25 bits per heavy atom. The Balaban J connectivity index is 1.56. The van der Waals surface area contributed by atoms with Crippen LogP contribution in [0, 0.1) is 0 Å². The molecule has 20 heavy (non-hydrogen) atoms. The number of likely N-dealkylation sites (N-methyl/N-ethyl adjacent to an activating group) is 1. The van der Waals surface area contributed by atoms with Crippen LogP contribution in [0.25, 0.3) is 0 Å². The van der Waals surface area contributed by atoms with Crippen molar-refractivity contribution in [2.75, 3.05) is 26.7 Å². The summed E-state index contributed by atoms with van der Waals surface area (Å²) in [5.41, 5.74) is 1.33. The largest absolute Gasteiger partial charge is 0.488 e. The lowest BCUT2D eigenvalue weighted by molar-refractivity contribution is 0.132. The highest BCUT2D eigenvalue weighted by Gasteiger charge is 2.26. The molecular formula is C16H23BrN2O. The van der Waals surface area contributed by atoms with Crippen LogP contribution in [0.3, 0.4) is 0 Å². The molecular weight excluding hydrogens is 316 g/mol. The first-order chi connectivity index (χ1) is 9.72. The van der Waals surface area contributed by atoms with Gasteiger partial charge in [-0.2, -0.15) is 0 Å². The summed E-state index contributed by atoms with van der Waals surface area (Å²) < 4.78 is 7.22. The monoisotopic (exact) mass is 338 g/mol. The van der Waals surface area contributed by atoms with Crippen molar-refractivity contribution in [3.63, 3.8) is 0 Å². The predicted molar refractivity (Wildman–Crippen MR) is 85.4 cm³/mol. The van der Waals surface area contributed by atoms with E-state index in [1.165, 1.54) is 31.4 Å². The van der Waals surface area contributed by atoms with Gasteiger partial charge in [0.1, 0.15) is 11.9 Å². The van der Waals surface area contributed by atoms with Crippen molar-refractivity contribution in [1.29, 1.82) is 0 Å². The third-order valence-electron chi connectivity index (χ3n) is 4.42. The zero-order valence-electron chi connectivity index (χ0n) is 12.1. The van der Waals surface area contributed by atoms with Crippen LogP contribution in [0.2, 0.25) is 0 Å². The van der Waals surface area contributed by atoms with E-state index in [2.05, 4.69) is 51.4 Å². The molecule has 3 rings (SSSR count). The maximum atomic E-state index is 6.08. The summed E-state index contributed by atoms with van der Waals surface area (Å²) >= 11 is 3.53. The van der Waals surface area contributed by atoms with Crippen LogP contribution >= 0.6 is 15.9 Å². The molecule has 0 bridgehead atoms. The molecule has 2 atom stereocenters. The molecule has 0 saturated carbocycles. The average Bonchev–Trinajstić information content (AvgIpc) is 2.64. The lowest BCUT2D eigenvalue weighted by Crippen LogP contribution is -2.39. The van der Waals surface area contributed by atoms with E-state index in [0.717, 1.165) is 29.7 Å². The molecule has 4 heteroatoms. The summed E-state index contributed by atoms with van der Waals surface area (Å²) in [7, 11) is 2.25.